The second-order valence-electron chi connectivity index (χ2n) is 3.43. The van der Waals surface area contributed by atoms with Gasteiger partial charge in [-0.05, 0) is 19.8 Å². The van der Waals surface area contributed by atoms with Crippen molar-refractivity contribution in [3.05, 3.63) is 0 Å². The Balaban J connectivity index is 3.43. The third-order valence-electron chi connectivity index (χ3n) is 2.00. The van der Waals surface area contributed by atoms with Gasteiger partial charge in [0.2, 0.25) is 0 Å². The number of ether oxygens (including phenoxy) is 1. The van der Waals surface area contributed by atoms with Gasteiger partial charge >= 0.3 is 0 Å². The molecular formula is C9H21NO. The molecule has 0 aromatic rings. The first-order valence-electron chi connectivity index (χ1n) is 4.45. The molecule has 2 N–H and O–H groups in total. The minimum Gasteiger partial charge on any atom is -0.377 e. The Morgan fingerprint density at radius 1 is 1.27 bits per heavy atom. The lowest BCUT2D eigenvalue weighted by Gasteiger charge is -2.19. The van der Waals surface area contributed by atoms with Crippen LogP contribution < -0.4 is 5.73 Å². The topological polar surface area (TPSA) is 35.2 Å². The van der Waals surface area contributed by atoms with E-state index >= 15 is 0 Å². The van der Waals surface area contributed by atoms with Crippen LogP contribution in [0.3, 0.4) is 0 Å². The molecule has 0 aliphatic heterocycles. The van der Waals surface area contributed by atoms with Crippen molar-refractivity contribution in [3.63, 3.8) is 0 Å². The Morgan fingerprint density at radius 3 is 2.18 bits per heavy atom. The van der Waals surface area contributed by atoms with E-state index in [2.05, 4.69) is 13.8 Å². The summed E-state index contributed by atoms with van der Waals surface area (Å²) in [5.74, 6) is 0.564. The predicted molar refractivity (Wildman–Crippen MR) is 48.5 cm³/mol. The summed E-state index contributed by atoms with van der Waals surface area (Å²) in [6, 6.07) is 0.197. The molecule has 0 saturated heterocycles. The zero-order valence-electron chi connectivity index (χ0n) is 8.13. The highest BCUT2D eigenvalue weighted by Gasteiger charge is 2.10. The van der Waals surface area contributed by atoms with Gasteiger partial charge in [-0.2, -0.15) is 0 Å². The molecule has 0 aromatic heterocycles. The summed E-state index contributed by atoms with van der Waals surface area (Å²) in [4.78, 5) is 0. The summed E-state index contributed by atoms with van der Waals surface area (Å²) in [6.07, 6.45) is 1.42. The minimum absolute atomic E-state index is 0.197. The summed E-state index contributed by atoms with van der Waals surface area (Å²) in [5.41, 5.74) is 5.85. The summed E-state index contributed by atoms with van der Waals surface area (Å²) in [5, 5.41) is 0. The van der Waals surface area contributed by atoms with E-state index in [4.69, 9.17) is 10.5 Å². The van der Waals surface area contributed by atoms with Crippen LogP contribution in [0.4, 0.5) is 0 Å². The molecule has 0 bridgehead atoms. The van der Waals surface area contributed by atoms with Crippen LogP contribution in [0.5, 0.6) is 0 Å². The molecule has 0 fully saturated rings. The van der Waals surface area contributed by atoms with E-state index in [0.29, 0.717) is 18.6 Å². The molecule has 2 unspecified atom stereocenters. The lowest BCUT2D eigenvalue weighted by molar-refractivity contribution is 0.0584. The third-order valence-corrected chi connectivity index (χ3v) is 2.00. The molecule has 0 amide bonds. The number of nitrogens with two attached hydrogens (primary N) is 1. The first-order chi connectivity index (χ1) is 5.07. The van der Waals surface area contributed by atoms with Crippen LogP contribution in [0.2, 0.25) is 0 Å². The molecule has 68 valence electrons. The van der Waals surface area contributed by atoms with E-state index < -0.39 is 0 Å². The zero-order chi connectivity index (χ0) is 8.85. The van der Waals surface area contributed by atoms with Gasteiger partial charge in [-0.15, -0.1) is 0 Å². The van der Waals surface area contributed by atoms with Gasteiger partial charge in [-0.25, -0.2) is 0 Å². The van der Waals surface area contributed by atoms with Gasteiger partial charge < -0.3 is 10.5 Å². The van der Waals surface area contributed by atoms with Crippen LogP contribution in [0.1, 0.15) is 34.1 Å². The predicted octanol–water partition coefficient (Wildman–Crippen LogP) is 1.78. The maximum atomic E-state index is 5.85. The van der Waals surface area contributed by atoms with Gasteiger partial charge in [0, 0.05) is 6.04 Å². The van der Waals surface area contributed by atoms with E-state index in [1.807, 2.05) is 13.8 Å². The number of hydrogen-bond acceptors (Lipinski definition) is 2. The lowest BCUT2D eigenvalue weighted by atomic mass is 10.0. The summed E-state index contributed by atoms with van der Waals surface area (Å²) >= 11 is 0. The van der Waals surface area contributed by atoms with E-state index in [1.54, 1.807) is 0 Å². The summed E-state index contributed by atoms with van der Waals surface area (Å²) < 4.78 is 5.40. The van der Waals surface area contributed by atoms with Gasteiger partial charge in [-0.3, -0.25) is 0 Å². The lowest BCUT2D eigenvalue weighted by Crippen LogP contribution is -2.33. The Bertz CT molecular complexity index is 93.6. The minimum atomic E-state index is 0.197. The average molecular weight is 159 g/mol. The van der Waals surface area contributed by atoms with E-state index in [-0.39, 0.29) is 6.04 Å². The fraction of sp³-hybridized carbons (Fsp3) is 1.00. The van der Waals surface area contributed by atoms with Gasteiger partial charge in [0.15, 0.2) is 0 Å². The Kier molecular flexibility index (Phi) is 5.51. The van der Waals surface area contributed by atoms with Crippen molar-refractivity contribution in [2.24, 2.45) is 11.7 Å². The van der Waals surface area contributed by atoms with Gasteiger partial charge in [0.25, 0.3) is 0 Å². The molecule has 0 saturated carbocycles. The molecule has 0 rings (SSSR count). The Morgan fingerprint density at radius 2 is 1.82 bits per heavy atom. The molecule has 0 radical (unpaired) electrons. The summed E-state index contributed by atoms with van der Waals surface area (Å²) in [7, 11) is 0. The molecule has 0 aromatic carbocycles. The second kappa shape index (κ2) is 5.56. The Labute approximate surface area is 70.1 Å². The quantitative estimate of drug-likeness (QED) is 0.663. The Hall–Kier alpha value is -0.0800. The molecule has 0 spiro atoms. The normalized spacial score (nSPS) is 16.9. The average Bonchev–Trinajstić information content (AvgIpc) is 1.98. The maximum absolute atomic E-state index is 5.85. The highest BCUT2D eigenvalue weighted by Crippen LogP contribution is 2.05. The fourth-order valence-electron chi connectivity index (χ4n) is 0.771. The fourth-order valence-corrected chi connectivity index (χ4v) is 0.771. The summed E-state index contributed by atoms with van der Waals surface area (Å²) in [6.45, 7) is 9.06. The first-order valence-corrected chi connectivity index (χ1v) is 4.45. The third kappa shape index (κ3) is 5.22. The first kappa shape index (κ1) is 10.9. The van der Waals surface area contributed by atoms with Crippen molar-refractivity contribution in [2.45, 2.75) is 46.3 Å². The second-order valence-corrected chi connectivity index (χ2v) is 3.43. The smallest absolute Gasteiger partial charge is 0.0623 e. The highest BCUT2D eigenvalue weighted by molar-refractivity contribution is 4.66. The van der Waals surface area contributed by atoms with Crippen LogP contribution in [-0.2, 0) is 4.74 Å². The van der Waals surface area contributed by atoms with Gasteiger partial charge in [-0.1, -0.05) is 20.3 Å². The molecule has 2 heteroatoms. The van der Waals surface area contributed by atoms with Crippen molar-refractivity contribution in [2.75, 3.05) is 6.61 Å². The van der Waals surface area contributed by atoms with Gasteiger partial charge in [0.1, 0.15) is 0 Å². The van der Waals surface area contributed by atoms with Crippen LogP contribution in [0.25, 0.3) is 0 Å². The van der Waals surface area contributed by atoms with Crippen molar-refractivity contribution >= 4 is 0 Å². The molecule has 2 nitrogen and oxygen atoms in total. The van der Waals surface area contributed by atoms with E-state index in [0.717, 1.165) is 6.42 Å². The van der Waals surface area contributed by atoms with Crippen molar-refractivity contribution in [1.82, 2.24) is 0 Å². The van der Waals surface area contributed by atoms with Gasteiger partial charge in [0.05, 0.1) is 12.7 Å². The van der Waals surface area contributed by atoms with E-state index in [1.165, 1.54) is 0 Å². The molecule has 2 atom stereocenters. The SMILES string of the molecule is CCC(C)C(N)COC(C)C. The van der Waals surface area contributed by atoms with Crippen molar-refractivity contribution < 1.29 is 4.74 Å². The number of rotatable bonds is 5. The monoisotopic (exact) mass is 159 g/mol. The van der Waals surface area contributed by atoms with Crippen LogP contribution >= 0.6 is 0 Å². The van der Waals surface area contributed by atoms with Crippen molar-refractivity contribution in [3.8, 4) is 0 Å². The van der Waals surface area contributed by atoms with E-state index in [9.17, 15) is 0 Å². The van der Waals surface area contributed by atoms with Crippen molar-refractivity contribution in [1.29, 1.82) is 0 Å². The molecule has 11 heavy (non-hydrogen) atoms. The highest BCUT2D eigenvalue weighted by atomic mass is 16.5. The zero-order valence-corrected chi connectivity index (χ0v) is 8.13. The van der Waals surface area contributed by atoms with Crippen LogP contribution in [0, 0.1) is 5.92 Å². The van der Waals surface area contributed by atoms with Crippen LogP contribution in [-0.4, -0.2) is 18.8 Å². The molecule has 0 heterocycles. The molecule has 0 aliphatic carbocycles. The van der Waals surface area contributed by atoms with Crippen LogP contribution in [0.15, 0.2) is 0 Å². The largest absolute Gasteiger partial charge is 0.377 e. The molecule has 0 aliphatic rings. The molecular weight excluding hydrogens is 138 g/mol. The maximum Gasteiger partial charge on any atom is 0.0623 e. The number of hydrogen-bond donors (Lipinski definition) is 1. The standard InChI is InChI=1S/C9H21NO/c1-5-8(4)9(10)6-11-7(2)3/h7-9H,5-6,10H2,1-4H3.